The summed E-state index contributed by atoms with van der Waals surface area (Å²) in [5.74, 6) is -1.56. The fourth-order valence-electron chi connectivity index (χ4n) is 5.44. The Hall–Kier alpha value is -4.15. The third-order valence-corrected chi connectivity index (χ3v) is 10.0. The number of hydrogen-bond acceptors (Lipinski definition) is 7. The van der Waals surface area contributed by atoms with Gasteiger partial charge in [0, 0.05) is 16.5 Å². The van der Waals surface area contributed by atoms with Crippen LogP contribution in [0.2, 0.25) is 0 Å². The molecule has 1 fully saturated rings. The number of nitrogens with one attached hydrogen (secondary N) is 1. The summed E-state index contributed by atoms with van der Waals surface area (Å²) in [7, 11) is 1.58. The number of carbonyl (C=O) groups is 3. The van der Waals surface area contributed by atoms with Crippen LogP contribution in [0.3, 0.4) is 0 Å². The SMILES string of the molecule is COc1ccc([C@H]2c3sc(=O)n(CC(=O)Nc4cccc(C)c4)c3SC3C(=O)N(c4ccc(C)cc4)C(=O)C32)cc1. The number of amides is 3. The molecule has 0 saturated carbocycles. The van der Waals surface area contributed by atoms with Crippen LogP contribution in [0, 0.1) is 19.8 Å². The Balaban J connectivity index is 1.41. The number of nitrogens with zero attached hydrogens (tertiary/aromatic N) is 2. The Kier molecular flexibility index (Phi) is 7.04. The Morgan fingerprint density at radius 3 is 2.34 bits per heavy atom. The van der Waals surface area contributed by atoms with Gasteiger partial charge >= 0.3 is 4.87 Å². The predicted molar refractivity (Wildman–Crippen MR) is 160 cm³/mol. The number of carbonyl (C=O) groups excluding carboxylic acids is 3. The summed E-state index contributed by atoms with van der Waals surface area (Å²) in [6.45, 7) is 3.67. The van der Waals surface area contributed by atoms with E-state index in [1.807, 2.05) is 56.3 Å². The van der Waals surface area contributed by atoms with Crippen LogP contribution in [0.5, 0.6) is 5.75 Å². The van der Waals surface area contributed by atoms with E-state index in [0.29, 0.717) is 27.0 Å². The number of ether oxygens (including phenoxy) is 1. The molecule has 3 atom stereocenters. The molecule has 6 rings (SSSR count). The molecule has 1 saturated heterocycles. The molecule has 0 radical (unpaired) electrons. The molecule has 0 bridgehead atoms. The van der Waals surface area contributed by atoms with E-state index in [0.717, 1.165) is 28.0 Å². The molecular weight excluding hydrogens is 558 g/mol. The molecule has 8 nitrogen and oxygen atoms in total. The highest BCUT2D eigenvalue weighted by atomic mass is 32.2. The maximum Gasteiger partial charge on any atom is 0.308 e. The second kappa shape index (κ2) is 10.7. The smallest absolute Gasteiger partial charge is 0.308 e. The second-order valence-electron chi connectivity index (χ2n) is 10.2. The van der Waals surface area contributed by atoms with Crippen LogP contribution in [0.25, 0.3) is 0 Å². The molecule has 208 valence electrons. The number of thiazole rings is 1. The zero-order chi connectivity index (χ0) is 28.8. The van der Waals surface area contributed by atoms with Gasteiger partial charge in [0.25, 0.3) is 0 Å². The topological polar surface area (TPSA) is 97.7 Å². The summed E-state index contributed by atoms with van der Waals surface area (Å²) in [5, 5.41) is 2.66. The molecule has 0 aliphatic carbocycles. The number of rotatable bonds is 6. The maximum atomic E-state index is 14.0. The van der Waals surface area contributed by atoms with Gasteiger partial charge in [-0.3, -0.25) is 23.7 Å². The summed E-state index contributed by atoms with van der Waals surface area (Å²) in [5.41, 5.74) is 3.98. The monoisotopic (exact) mass is 585 g/mol. The van der Waals surface area contributed by atoms with E-state index in [-0.39, 0.29) is 29.1 Å². The van der Waals surface area contributed by atoms with Gasteiger partial charge in [0.1, 0.15) is 17.5 Å². The maximum absolute atomic E-state index is 14.0. The molecule has 41 heavy (non-hydrogen) atoms. The lowest BCUT2D eigenvalue weighted by Gasteiger charge is -2.30. The number of aromatic nitrogens is 1. The molecule has 0 spiro atoms. The van der Waals surface area contributed by atoms with Crippen LogP contribution in [-0.4, -0.2) is 34.6 Å². The van der Waals surface area contributed by atoms with Gasteiger partial charge in [0.15, 0.2) is 0 Å². The number of benzene rings is 3. The number of methoxy groups -OCH3 is 1. The third-order valence-electron chi connectivity index (χ3n) is 7.42. The molecule has 2 aliphatic heterocycles. The van der Waals surface area contributed by atoms with Crippen molar-refractivity contribution in [3.05, 3.63) is 104 Å². The Labute approximate surface area is 245 Å². The molecule has 10 heteroatoms. The highest BCUT2D eigenvalue weighted by molar-refractivity contribution is 8.00. The fourth-order valence-corrected chi connectivity index (χ4v) is 8.21. The van der Waals surface area contributed by atoms with E-state index in [9.17, 15) is 19.2 Å². The number of thioether (sulfide) groups is 1. The quantitative estimate of drug-likeness (QED) is 0.321. The summed E-state index contributed by atoms with van der Waals surface area (Å²) < 4.78 is 6.75. The van der Waals surface area contributed by atoms with Gasteiger partial charge in [-0.2, -0.15) is 0 Å². The molecule has 4 aromatic rings. The summed E-state index contributed by atoms with van der Waals surface area (Å²) >= 11 is 2.23. The van der Waals surface area contributed by atoms with Crippen LogP contribution in [-0.2, 0) is 20.9 Å². The fraction of sp³-hybridized carbons (Fsp3) is 0.226. The molecule has 2 aliphatic rings. The van der Waals surface area contributed by atoms with Crippen molar-refractivity contribution in [2.24, 2.45) is 5.92 Å². The standard InChI is InChI=1S/C31H27N3O5S2/c1-17-7-11-21(12-8-17)34-28(36)25-24(19-9-13-22(39-3)14-10-19)27-30(40-26(25)29(34)37)33(31(38)41-27)16-23(35)32-20-6-4-5-18(2)15-20/h4-15,24-26H,16H2,1-3H3,(H,32,35)/t24-,25?,26?/m1/s1. The first-order valence-electron chi connectivity index (χ1n) is 13.1. The average molecular weight is 586 g/mol. The third kappa shape index (κ3) is 4.87. The summed E-state index contributed by atoms with van der Waals surface area (Å²) in [6, 6.07) is 22.1. The van der Waals surface area contributed by atoms with Crippen LogP contribution >= 0.6 is 23.1 Å². The van der Waals surface area contributed by atoms with Gasteiger partial charge < -0.3 is 10.1 Å². The van der Waals surface area contributed by atoms with Crippen molar-refractivity contribution in [2.75, 3.05) is 17.3 Å². The van der Waals surface area contributed by atoms with Gasteiger partial charge in [-0.15, -0.1) is 0 Å². The van der Waals surface area contributed by atoms with Gasteiger partial charge in [-0.05, 0) is 61.4 Å². The van der Waals surface area contributed by atoms with E-state index in [2.05, 4.69) is 5.32 Å². The van der Waals surface area contributed by atoms with Crippen molar-refractivity contribution in [1.29, 1.82) is 0 Å². The minimum Gasteiger partial charge on any atom is -0.497 e. The number of fused-ring (bicyclic) bond motifs is 2. The number of anilines is 2. The second-order valence-corrected chi connectivity index (χ2v) is 12.3. The van der Waals surface area contributed by atoms with E-state index in [1.165, 1.54) is 21.2 Å². The lowest BCUT2D eigenvalue weighted by Crippen LogP contribution is -2.33. The van der Waals surface area contributed by atoms with E-state index >= 15 is 0 Å². The van der Waals surface area contributed by atoms with Gasteiger partial charge in [-0.25, -0.2) is 4.90 Å². The first-order chi connectivity index (χ1) is 19.7. The van der Waals surface area contributed by atoms with E-state index in [1.54, 1.807) is 37.4 Å². The van der Waals surface area contributed by atoms with Crippen molar-refractivity contribution in [3.63, 3.8) is 0 Å². The molecule has 1 aromatic heterocycles. The zero-order valence-electron chi connectivity index (χ0n) is 22.6. The van der Waals surface area contributed by atoms with Gasteiger partial charge in [0.05, 0.1) is 23.7 Å². The van der Waals surface area contributed by atoms with Crippen LogP contribution in [0.15, 0.2) is 82.6 Å². The largest absolute Gasteiger partial charge is 0.497 e. The normalized spacial score (nSPS) is 19.6. The Morgan fingerprint density at radius 1 is 0.927 bits per heavy atom. The van der Waals surface area contributed by atoms with Crippen molar-refractivity contribution in [2.45, 2.75) is 36.6 Å². The Bertz CT molecular complexity index is 1730. The molecular formula is C31H27N3O5S2. The predicted octanol–water partition coefficient (Wildman–Crippen LogP) is 4.97. The molecule has 3 amide bonds. The first kappa shape index (κ1) is 27.0. The zero-order valence-corrected chi connectivity index (χ0v) is 24.3. The number of imide groups is 1. The minimum absolute atomic E-state index is 0.206. The molecule has 2 unspecified atom stereocenters. The highest BCUT2D eigenvalue weighted by Gasteiger charge is 2.56. The van der Waals surface area contributed by atoms with Gasteiger partial charge in [0.2, 0.25) is 17.7 Å². The van der Waals surface area contributed by atoms with Crippen LogP contribution in [0.1, 0.15) is 27.5 Å². The van der Waals surface area contributed by atoms with Crippen LogP contribution < -0.4 is 19.8 Å². The van der Waals surface area contributed by atoms with Crippen molar-refractivity contribution in [1.82, 2.24) is 4.57 Å². The van der Waals surface area contributed by atoms with Crippen LogP contribution in [0.4, 0.5) is 11.4 Å². The first-order valence-corrected chi connectivity index (χ1v) is 14.8. The van der Waals surface area contributed by atoms with Crippen molar-refractivity contribution in [3.8, 4) is 5.75 Å². The van der Waals surface area contributed by atoms with Crippen molar-refractivity contribution >= 4 is 52.2 Å². The van der Waals surface area contributed by atoms with Crippen molar-refractivity contribution < 1.29 is 19.1 Å². The summed E-state index contributed by atoms with van der Waals surface area (Å²) in [4.78, 5) is 55.8. The lowest BCUT2D eigenvalue weighted by atomic mass is 9.83. The minimum atomic E-state index is -0.747. The summed E-state index contributed by atoms with van der Waals surface area (Å²) in [6.07, 6.45) is 0. The van der Waals surface area contributed by atoms with E-state index in [4.69, 9.17) is 4.74 Å². The highest BCUT2D eigenvalue weighted by Crippen LogP contribution is 2.54. The van der Waals surface area contributed by atoms with Gasteiger partial charge in [-0.1, -0.05) is 65.1 Å². The lowest BCUT2D eigenvalue weighted by molar-refractivity contribution is -0.122. The molecule has 3 heterocycles. The molecule has 1 N–H and O–H groups in total. The average Bonchev–Trinajstić information content (AvgIpc) is 3.40. The number of aryl methyl sites for hydroxylation is 2. The number of hydrogen-bond donors (Lipinski definition) is 1. The Morgan fingerprint density at radius 2 is 1.66 bits per heavy atom. The van der Waals surface area contributed by atoms with E-state index < -0.39 is 17.1 Å². The molecule has 3 aromatic carbocycles.